The molecule has 2 aliphatic rings. The van der Waals surface area contributed by atoms with Gasteiger partial charge in [0, 0.05) is 54.9 Å². The Hall–Kier alpha value is -2.56. The molecule has 140 valence electrons. The standard InChI is InChI=1S/C22H26N4O/c1-15-19(20-6-2-4-16-5-3-12-25(15)21(16)20)8-10-23-22(27)17-9-13-26-18(14-17)7-11-24-26/h2,4,6-7,11,17H,3,5,8-10,12-14H2,1H3,(H,23,27). The predicted octanol–water partition coefficient (Wildman–Crippen LogP) is 3.01. The van der Waals surface area contributed by atoms with E-state index in [0.29, 0.717) is 6.54 Å². The molecule has 0 fully saturated rings. The molecule has 1 aromatic carbocycles. The Morgan fingerprint density at radius 2 is 2.22 bits per heavy atom. The normalized spacial score (nSPS) is 18.5. The van der Waals surface area contributed by atoms with Gasteiger partial charge in [-0.15, -0.1) is 0 Å². The van der Waals surface area contributed by atoms with Gasteiger partial charge in [-0.25, -0.2) is 0 Å². The molecule has 0 radical (unpaired) electrons. The van der Waals surface area contributed by atoms with Crippen molar-refractivity contribution >= 4 is 16.8 Å². The molecule has 4 heterocycles. The van der Waals surface area contributed by atoms with Crippen LogP contribution < -0.4 is 5.32 Å². The summed E-state index contributed by atoms with van der Waals surface area (Å²) in [6.45, 7) is 4.89. The summed E-state index contributed by atoms with van der Waals surface area (Å²) >= 11 is 0. The van der Waals surface area contributed by atoms with Crippen LogP contribution in [0.3, 0.4) is 0 Å². The molecule has 1 unspecified atom stereocenters. The van der Waals surface area contributed by atoms with Gasteiger partial charge in [0.1, 0.15) is 0 Å². The minimum Gasteiger partial charge on any atom is -0.356 e. The summed E-state index contributed by atoms with van der Waals surface area (Å²) in [6, 6.07) is 8.71. The fourth-order valence-corrected chi connectivity index (χ4v) is 4.95. The van der Waals surface area contributed by atoms with Gasteiger partial charge in [0.25, 0.3) is 0 Å². The first-order valence-corrected chi connectivity index (χ1v) is 10.1. The molecule has 0 spiro atoms. The third-order valence-electron chi connectivity index (χ3n) is 6.38. The Morgan fingerprint density at radius 3 is 3.15 bits per heavy atom. The molecule has 5 heteroatoms. The summed E-state index contributed by atoms with van der Waals surface area (Å²) in [5, 5.41) is 8.87. The van der Waals surface area contributed by atoms with Crippen molar-refractivity contribution in [3.8, 4) is 0 Å². The van der Waals surface area contributed by atoms with Crippen LogP contribution in [0.15, 0.2) is 30.5 Å². The smallest absolute Gasteiger partial charge is 0.223 e. The fraction of sp³-hybridized carbons (Fsp3) is 0.455. The number of rotatable bonds is 4. The zero-order chi connectivity index (χ0) is 18.4. The van der Waals surface area contributed by atoms with Gasteiger partial charge in [0.2, 0.25) is 5.91 Å². The number of hydrogen-bond donors (Lipinski definition) is 1. The lowest BCUT2D eigenvalue weighted by molar-refractivity contribution is -0.125. The van der Waals surface area contributed by atoms with Crippen LogP contribution in [0.1, 0.15) is 35.4 Å². The van der Waals surface area contributed by atoms with Crippen molar-refractivity contribution in [3.63, 3.8) is 0 Å². The number of fused-ring (bicyclic) bond motifs is 1. The maximum atomic E-state index is 12.6. The second-order valence-corrected chi connectivity index (χ2v) is 7.91. The van der Waals surface area contributed by atoms with Crippen LogP contribution in [0.4, 0.5) is 0 Å². The number of carbonyl (C=O) groups is 1. The van der Waals surface area contributed by atoms with Crippen LogP contribution in [0, 0.1) is 12.8 Å². The Bertz CT molecular complexity index is 1010. The van der Waals surface area contributed by atoms with Gasteiger partial charge in [0.05, 0.1) is 5.52 Å². The highest BCUT2D eigenvalue weighted by molar-refractivity contribution is 5.89. The summed E-state index contributed by atoms with van der Waals surface area (Å²) in [7, 11) is 0. The summed E-state index contributed by atoms with van der Waals surface area (Å²) in [5.41, 5.74) is 6.83. The van der Waals surface area contributed by atoms with E-state index >= 15 is 0 Å². The fourth-order valence-electron chi connectivity index (χ4n) is 4.95. The first-order valence-electron chi connectivity index (χ1n) is 10.1. The van der Waals surface area contributed by atoms with Crippen LogP contribution in [0.5, 0.6) is 0 Å². The molecule has 1 amide bonds. The van der Waals surface area contributed by atoms with Crippen molar-refractivity contribution in [2.45, 2.75) is 52.1 Å². The van der Waals surface area contributed by atoms with E-state index < -0.39 is 0 Å². The highest BCUT2D eigenvalue weighted by Crippen LogP contribution is 2.32. The Morgan fingerprint density at radius 1 is 1.30 bits per heavy atom. The monoisotopic (exact) mass is 362 g/mol. The maximum absolute atomic E-state index is 12.6. The van der Waals surface area contributed by atoms with Gasteiger partial charge in [-0.3, -0.25) is 9.48 Å². The maximum Gasteiger partial charge on any atom is 0.223 e. The van der Waals surface area contributed by atoms with Gasteiger partial charge in [-0.2, -0.15) is 5.10 Å². The number of aryl methyl sites for hydroxylation is 3. The van der Waals surface area contributed by atoms with Crippen molar-refractivity contribution in [2.75, 3.05) is 6.54 Å². The van der Waals surface area contributed by atoms with Gasteiger partial charge in [-0.05, 0) is 49.8 Å². The van der Waals surface area contributed by atoms with Gasteiger partial charge in [0.15, 0.2) is 0 Å². The van der Waals surface area contributed by atoms with Gasteiger partial charge in [-0.1, -0.05) is 18.2 Å². The molecule has 3 aromatic rings. The van der Waals surface area contributed by atoms with E-state index in [4.69, 9.17) is 0 Å². The molecule has 0 aliphatic carbocycles. The SMILES string of the molecule is Cc1c(CCNC(=O)C2CCn3nccc3C2)c2cccc3c2n1CCC3. The number of carbonyl (C=O) groups excluding carboxylic acids is 1. The minimum absolute atomic E-state index is 0.0744. The van der Waals surface area contributed by atoms with Crippen molar-refractivity contribution in [3.05, 3.63) is 53.0 Å². The Labute approximate surface area is 159 Å². The first kappa shape index (κ1) is 16.6. The summed E-state index contributed by atoms with van der Waals surface area (Å²) < 4.78 is 4.49. The largest absolute Gasteiger partial charge is 0.356 e. The van der Waals surface area contributed by atoms with Crippen molar-refractivity contribution in [2.24, 2.45) is 5.92 Å². The zero-order valence-electron chi connectivity index (χ0n) is 15.9. The molecule has 2 aromatic heterocycles. The van der Waals surface area contributed by atoms with Crippen molar-refractivity contribution in [1.29, 1.82) is 0 Å². The molecule has 0 bridgehead atoms. The highest BCUT2D eigenvalue weighted by atomic mass is 16.1. The number of benzene rings is 1. The average molecular weight is 362 g/mol. The molecular weight excluding hydrogens is 336 g/mol. The van der Waals surface area contributed by atoms with Crippen LogP contribution >= 0.6 is 0 Å². The van der Waals surface area contributed by atoms with Gasteiger partial charge >= 0.3 is 0 Å². The van der Waals surface area contributed by atoms with Crippen LogP contribution in [-0.2, 0) is 37.1 Å². The van der Waals surface area contributed by atoms with E-state index in [1.807, 2.05) is 16.9 Å². The first-order chi connectivity index (χ1) is 13.2. The molecule has 5 rings (SSSR count). The number of hydrogen-bond acceptors (Lipinski definition) is 2. The third-order valence-corrected chi connectivity index (χ3v) is 6.38. The number of para-hydroxylation sites is 1. The topological polar surface area (TPSA) is 51.9 Å². The lowest BCUT2D eigenvalue weighted by Gasteiger charge is -2.22. The lowest BCUT2D eigenvalue weighted by Crippen LogP contribution is -2.36. The molecule has 1 N–H and O–H groups in total. The molecule has 2 aliphatic heterocycles. The molecule has 27 heavy (non-hydrogen) atoms. The van der Waals surface area contributed by atoms with E-state index in [0.717, 1.165) is 32.4 Å². The summed E-state index contributed by atoms with van der Waals surface area (Å²) in [5.74, 6) is 0.263. The molecule has 0 saturated heterocycles. The molecule has 5 nitrogen and oxygen atoms in total. The van der Waals surface area contributed by atoms with E-state index in [9.17, 15) is 4.79 Å². The molecule has 1 atom stereocenters. The average Bonchev–Trinajstić information content (AvgIpc) is 3.27. The third kappa shape index (κ3) is 2.76. The summed E-state index contributed by atoms with van der Waals surface area (Å²) in [4.78, 5) is 12.6. The minimum atomic E-state index is 0.0744. The van der Waals surface area contributed by atoms with E-state index in [1.165, 1.54) is 46.3 Å². The van der Waals surface area contributed by atoms with Gasteiger partial charge < -0.3 is 9.88 Å². The van der Waals surface area contributed by atoms with Crippen molar-refractivity contribution in [1.82, 2.24) is 19.7 Å². The van der Waals surface area contributed by atoms with E-state index in [2.05, 4.69) is 40.1 Å². The number of aromatic nitrogens is 3. The Balaban J connectivity index is 1.28. The lowest BCUT2D eigenvalue weighted by atomic mass is 9.95. The second kappa shape index (κ2) is 6.55. The predicted molar refractivity (Wildman–Crippen MR) is 106 cm³/mol. The van der Waals surface area contributed by atoms with E-state index in [-0.39, 0.29) is 11.8 Å². The van der Waals surface area contributed by atoms with Crippen LogP contribution in [0.25, 0.3) is 10.9 Å². The quantitative estimate of drug-likeness (QED) is 0.776. The Kier molecular flexibility index (Phi) is 4.03. The zero-order valence-corrected chi connectivity index (χ0v) is 15.9. The van der Waals surface area contributed by atoms with Crippen LogP contribution in [0.2, 0.25) is 0 Å². The molecule has 0 saturated carbocycles. The molecular formula is C22H26N4O. The van der Waals surface area contributed by atoms with E-state index in [1.54, 1.807) is 0 Å². The van der Waals surface area contributed by atoms with Crippen molar-refractivity contribution < 1.29 is 4.79 Å². The van der Waals surface area contributed by atoms with Crippen LogP contribution in [-0.4, -0.2) is 26.8 Å². The highest BCUT2D eigenvalue weighted by Gasteiger charge is 2.25. The number of amides is 1. The summed E-state index contributed by atoms with van der Waals surface area (Å²) in [6.07, 6.45) is 6.80. The number of nitrogens with zero attached hydrogens (tertiary/aromatic N) is 3. The number of nitrogens with one attached hydrogen (secondary N) is 1. The second-order valence-electron chi connectivity index (χ2n) is 7.91.